The third kappa shape index (κ3) is 2.90. The Balaban J connectivity index is 2.40. The number of nitrogens with zero attached hydrogens (tertiary/aromatic N) is 2. The number of rotatable bonds is 5. The van der Waals surface area contributed by atoms with Gasteiger partial charge in [0.15, 0.2) is 5.13 Å². The van der Waals surface area contributed by atoms with Crippen LogP contribution in [0.3, 0.4) is 0 Å². The number of carbonyl (C=O) groups is 1. The quantitative estimate of drug-likeness (QED) is 0.912. The van der Waals surface area contributed by atoms with E-state index >= 15 is 0 Å². The Morgan fingerprint density at radius 3 is 2.67 bits per heavy atom. The highest BCUT2D eigenvalue weighted by Crippen LogP contribution is 2.33. The van der Waals surface area contributed by atoms with Crippen LogP contribution in [0.25, 0.3) is 0 Å². The number of benzene rings is 1. The van der Waals surface area contributed by atoms with Gasteiger partial charge < -0.3 is 10.0 Å². The van der Waals surface area contributed by atoms with Crippen LogP contribution in [0.1, 0.15) is 26.5 Å². The molecule has 0 aliphatic rings. The van der Waals surface area contributed by atoms with Gasteiger partial charge >= 0.3 is 5.97 Å². The van der Waals surface area contributed by atoms with Crippen LogP contribution < -0.4 is 4.90 Å². The molecule has 1 aromatic heterocycles. The molecule has 1 aromatic carbocycles. The molecule has 0 atom stereocenters. The number of para-hydroxylation sites is 1. The summed E-state index contributed by atoms with van der Waals surface area (Å²) in [7, 11) is 0. The SMILES string of the molecule is CCN(c1nc(C(C)(C)C(=O)O)cs1)c1ccccc1F. The lowest BCUT2D eigenvalue weighted by Crippen LogP contribution is -2.29. The molecule has 112 valence electrons. The molecule has 6 heteroatoms. The van der Waals surface area contributed by atoms with Gasteiger partial charge in [0.2, 0.25) is 0 Å². The highest BCUT2D eigenvalue weighted by molar-refractivity contribution is 7.13. The fraction of sp³-hybridized carbons (Fsp3) is 0.333. The molecule has 21 heavy (non-hydrogen) atoms. The summed E-state index contributed by atoms with van der Waals surface area (Å²) < 4.78 is 13.9. The molecule has 0 aliphatic heterocycles. The molecule has 2 aromatic rings. The minimum Gasteiger partial charge on any atom is -0.481 e. The lowest BCUT2D eigenvalue weighted by Gasteiger charge is -2.21. The Morgan fingerprint density at radius 2 is 2.10 bits per heavy atom. The first-order chi connectivity index (χ1) is 9.87. The molecule has 0 bridgehead atoms. The van der Waals surface area contributed by atoms with Crippen LogP contribution in [0.5, 0.6) is 0 Å². The normalized spacial score (nSPS) is 11.4. The highest BCUT2D eigenvalue weighted by Gasteiger charge is 2.32. The molecule has 1 N–H and O–H groups in total. The minimum absolute atomic E-state index is 0.325. The summed E-state index contributed by atoms with van der Waals surface area (Å²) in [6, 6.07) is 6.47. The van der Waals surface area contributed by atoms with Crippen molar-refractivity contribution in [3.05, 3.63) is 41.2 Å². The summed E-state index contributed by atoms with van der Waals surface area (Å²) in [6.07, 6.45) is 0. The van der Waals surface area contributed by atoms with Crippen molar-refractivity contribution in [2.75, 3.05) is 11.4 Å². The molecule has 0 spiro atoms. The topological polar surface area (TPSA) is 53.4 Å². The van der Waals surface area contributed by atoms with Crippen LogP contribution in [-0.2, 0) is 10.2 Å². The van der Waals surface area contributed by atoms with Crippen molar-refractivity contribution in [3.63, 3.8) is 0 Å². The van der Waals surface area contributed by atoms with Crippen LogP contribution in [0.4, 0.5) is 15.2 Å². The monoisotopic (exact) mass is 308 g/mol. The average Bonchev–Trinajstić information content (AvgIpc) is 2.92. The highest BCUT2D eigenvalue weighted by atomic mass is 32.1. The Hall–Kier alpha value is -1.95. The zero-order valence-corrected chi connectivity index (χ0v) is 12.9. The van der Waals surface area contributed by atoms with Crippen LogP contribution in [0, 0.1) is 5.82 Å². The molecular formula is C15H17FN2O2S. The average molecular weight is 308 g/mol. The largest absolute Gasteiger partial charge is 0.481 e. The number of halogens is 1. The van der Waals surface area contributed by atoms with Gasteiger partial charge in [0, 0.05) is 11.9 Å². The second kappa shape index (κ2) is 5.81. The fourth-order valence-electron chi connectivity index (χ4n) is 1.86. The molecule has 1 heterocycles. The number of hydrogen-bond donors (Lipinski definition) is 1. The van der Waals surface area contributed by atoms with E-state index in [2.05, 4.69) is 4.98 Å². The predicted octanol–water partition coefficient (Wildman–Crippen LogP) is 3.80. The second-order valence-electron chi connectivity index (χ2n) is 5.14. The zero-order valence-electron chi connectivity index (χ0n) is 12.1. The van der Waals surface area contributed by atoms with E-state index < -0.39 is 11.4 Å². The predicted molar refractivity (Wildman–Crippen MR) is 81.9 cm³/mol. The van der Waals surface area contributed by atoms with E-state index in [0.717, 1.165) is 0 Å². The van der Waals surface area contributed by atoms with Gasteiger partial charge in [0.25, 0.3) is 0 Å². The fourth-order valence-corrected chi connectivity index (χ4v) is 2.93. The number of carboxylic acid groups (broad SMARTS) is 1. The maximum Gasteiger partial charge on any atom is 0.315 e. The Morgan fingerprint density at radius 1 is 1.43 bits per heavy atom. The molecule has 0 unspecified atom stereocenters. The van der Waals surface area contributed by atoms with Gasteiger partial charge in [-0.25, -0.2) is 9.37 Å². The van der Waals surface area contributed by atoms with E-state index in [9.17, 15) is 14.3 Å². The third-order valence-electron chi connectivity index (χ3n) is 3.36. The molecule has 4 nitrogen and oxygen atoms in total. The van der Waals surface area contributed by atoms with Crippen LogP contribution in [0.2, 0.25) is 0 Å². The molecule has 0 aliphatic carbocycles. The van der Waals surface area contributed by atoms with Crippen molar-refractivity contribution in [3.8, 4) is 0 Å². The van der Waals surface area contributed by atoms with Crippen LogP contribution in [0.15, 0.2) is 29.6 Å². The molecular weight excluding hydrogens is 291 g/mol. The summed E-state index contributed by atoms with van der Waals surface area (Å²) in [5.74, 6) is -1.26. The first kappa shape index (κ1) is 15.4. The molecule has 0 radical (unpaired) electrons. The van der Waals surface area contributed by atoms with E-state index in [1.165, 1.54) is 17.4 Å². The standard InChI is InChI=1S/C15H17FN2O2S/c1-4-18(11-8-6-5-7-10(11)16)14-17-12(9-21-14)15(2,3)13(19)20/h5-9H,4H2,1-3H3,(H,19,20). The summed E-state index contributed by atoms with van der Waals surface area (Å²) in [5.41, 5.74) is -0.151. The Labute approximate surface area is 126 Å². The summed E-state index contributed by atoms with van der Waals surface area (Å²) in [5, 5.41) is 11.6. The van der Waals surface area contributed by atoms with Gasteiger partial charge in [0.1, 0.15) is 11.2 Å². The van der Waals surface area contributed by atoms with Gasteiger partial charge in [-0.05, 0) is 32.9 Å². The van der Waals surface area contributed by atoms with E-state index in [1.807, 2.05) is 6.92 Å². The van der Waals surface area contributed by atoms with Gasteiger partial charge in [-0.3, -0.25) is 4.79 Å². The third-order valence-corrected chi connectivity index (χ3v) is 4.22. The zero-order chi connectivity index (χ0) is 15.6. The molecule has 0 saturated carbocycles. The number of carboxylic acids is 1. The van der Waals surface area contributed by atoms with E-state index in [1.54, 1.807) is 42.3 Å². The number of aromatic nitrogens is 1. The number of aliphatic carboxylic acids is 1. The molecule has 2 rings (SSSR count). The Kier molecular flexibility index (Phi) is 4.27. The smallest absolute Gasteiger partial charge is 0.315 e. The van der Waals surface area contributed by atoms with Crippen molar-refractivity contribution in [1.29, 1.82) is 0 Å². The van der Waals surface area contributed by atoms with Gasteiger partial charge in [-0.2, -0.15) is 0 Å². The van der Waals surface area contributed by atoms with Gasteiger partial charge in [-0.15, -0.1) is 11.3 Å². The van der Waals surface area contributed by atoms with Gasteiger partial charge in [-0.1, -0.05) is 12.1 Å². The van der Waals surface area contributed by atoms with Crippen molar-refractivity contribution >= 4 is 28.1 Å². The maximum atomic E-state index is 13.9. The van der Waals surface area contributed by atoms with Crippen LogP contribution >= 0.6 is 11.3 Å². The number of thiazole rings is 1. The summed E-state index contributed by atoms with van der Waals surface area (Å²) >= 11 is 1.31. The number of hydrogen-bond acceptors (Lipinski definition) is 4. The van der Waals surface area contributed by atoms with Crippen molar-refractivity contribution in [2.24, 2.45) is 0 Å². The van der Waals surface area contributed by atoms with E-state index in [0.29, 0.717) is 23.1 Å². The number of anilines is 2. The first-order valence-corrected chi connectivity index (χ1v) is 7.47. The van der Waals surface area contributed by atoms with E-state index in [4.69, 9.17) is 0 Å². The molecule has 0 fully saturated rings. The second-order valence-corrected chi connectivity index (χ2v) is 5.98. The van der Waals surface area contributed by atoms with Gasteiger partial charge in [0.05, 0.1) is 11.4 Å². The summed E-state index contributed by atoms with van der Waals surface area (Å²) in [6.45, 7) is 5.65. The first-order valence-electron chi connectivity index (χ1n) is 6.59. The van der Waals surface area contributed by atoms with Crippen molar-refractivity contribution in [1.82, 2.24) is 4.98 Å². The minimum atomic E-state index is -1.07. The Bertz CT molecular complexity index is 655. The van der Waals surface area contributed by atoms with E-state index in [-0.39, 0.29) is 5.82 Å². The lowest BCUT2D eigenvalue weighted by atomic mass is 9.90. The molecule has 0 saturated heterocycles. The summed E-state index contributed by atoms with van der Waals surface area (Å²) in [4.78, 5) is 17.4. The van der Waals surface area contributed by atoms with Crippen molar-refractivity contribution < 1.29 is 14.3 Å². The maximum absolute atomic E-state index is 13.9. The molecule has 0 amide bonds. The van der Waals surface area contributed by atoms with Crippen molar-refractivity contribution in [2.45, 2.75) is 26.2 Å². The lowest BCUT2D eigenvalue weighted by molar-refractivity contribution is -0.142. The van der Waals surface area contributed by atoms with Crippen LogP contribution in [-0.4, -0.2) is 22.6 Å².